The summed E-state index contributed by atoms with van der Waals surface area (Å²) in [7, 11) is 1.44. The Hall–Kier alpha value is -1.10. The number of rotatable bonds is 2. The van der Waals surface area contributed by atoms with Crippen LogP contribution in [0.15, 0.2) is 18.2 Å². The molecule has 0 amide bonds. The Labute approximate surface area is 113 Å². The first-order chi connectivity index (χ1) is 8.08. The van der Waals surface area contributed by atoms with Gasteiger partial charge in [-0.2, -0.15) is 15.0 Å². The Morgan fingerprint density at radius 2 is 1.59 bits per heavy atom. The number of ether oxygens (including phenoxy) is 1. The van der Waals surface area contributed by atoms with Crippen LogP contribution in [-0.2, 0) is 0 Å². The normalized spacial score (nSPS) is 10.4. The zero-order valence-electron chi connectivity index (χ0n) is 8.62. The monoisotopic (exact) mass is 289 g/mol. The maximum absolute atomic E-state index is 5.89. The maximum atomic E-state index is 5.89. The molecule has 0 atom stereocenters. The van der Waals surface area contributed by atoms with Crippen LogP contribution in [0.25, 0.3) is 11.4 Å². The van der Waals surface area contributed by atoms with Crippen LogP contribution in [0.2, 0.25) is 15.3 Å². The summed E-state index contributed by atoms with van der Waals surface area (Å²) in [6.07, 6.45) is 0. The van der Waals surface area contributed by atoms with Crippen LogP contribution < -0.4 is 4.74 Å². The summed E-state index contributed by atoms with van der Waals surface area (Å²) < 4.78 is 4.91. The molecule has 0 saturated heterocycles. The highest BCUT2D eigenvalue weighted by atomic mass is 35.5. The molecule has 0 fully saturated rings. The highest BCUT2D eigenvalue weighted by molar-refractivity contribution is 6.35. The van der Waals surface area contributed by atoms with E-state index in [0.29, 0.717) is 21.4 Å². The molecule has 2 rings (SSSR count). The van der Waals surface area contributed by atoms with Gasteiger partial charge in [-0.1, -0.05) is 23.2 Å². The third-order valence-corrected chi connectivity index (χ3v) is 2.50. The molecule has 7 heteroatoms. The predicted molar refractivity (Wildman–Crippen MR) is 66.8 cm³/mol. The van der Waals surface area contributed by atoms with Crippen molar-refractivity contribution in [1.82, 2.24) is 15.0 Å². The van der Waals surface area contributed by atoms with Crippen LogP contribution in [0.5, 0.6) is 6.01 Å². The smallest absolute Gasteiger partial charge is 0.321 e. The van der Waals surface area contributed by atoms with Gasteiger partial charge in [0, 0.05) is 15.6 Å². The molecule has 2 aromatic rings. The molecule has 0 aliphatic rings. The lowest BCUT2D eigenvalue weighted by Crippen LogP contribution is -1.97. The SMILES string of the molecule is COc1nc(Cl)nc(-c2cc(Cl)cc(Cl)c2)n1. The highest BCUT2D eigenvalue weighted by Crippen LogP contribution is 2.26. The van der Waals surface area contributed by atoms with Crippen LogP contribution in [-0.4, -0.2) is 22.1 Å². The molecule has 0 unspecified atom stereocenters. The Balaban J connectivity index is 2.55. The van der Waals surface area contributed by atoms with Crippen molar-refractivity contribution in [3.05, 3.63) is 33.5 Å². The van der Waals surface area contributed by atoms with E-state index in [2.05, 4.69) is 15.0 Å². The molecule has 88 valence electrons. The largest absolute Gasteiger partial charge is 0.467 e. The molecular weight excluding hydrogens is 284 g/mol. The fourth-order valence-electron chi connectivity index (χ4n) is 1.24. The number of methoxy groups -OCH3 is 1. The minimum absolute atomic E-state index is 0.0444. The molecule has 0 aliphatic carbocycles. The second-order valence-corrected chi connectivity index (χ2v) is 4.28. The topological polar surface area (TPSA) is 47.9 Å². The highest BCUT2D eigenvalue weighted by Gasteiger charge is 2.09. The van der Waals surface area contributed by atoms with Gasteiger partial charge in [-0.3, -0.25) is 0 Å². The molecule has 1 heterocycles. The fraction of sp³-hybridized carbons (Fsp3) is 0.100. The van der Waals surface area contributed by atoms with E-state index in [4.69, 9.17) is 39.5 Å². The standard InChI is InChI=1S/C10H6Cl3N3O/c1-17-10-15-8(14-9(13)16-10)5-2-6(11)4-7(12)3-5/h2-4H,1H3. The quantitative estimate of drug-likeness (QED) is 0.849. The lowest BCUT2D eigenvalue weighted by Gasteiger charge is -2.04. The summed E-state index contributed by atoms with van der Waals surface area (Å²) in [5.41, 5.74) is 0.644. The summed E-state index contributed by atoms with van der Waals surface area (Å²) in [5, 5.41) is 1.02. The van der Waals surface area contributed by atoms with Crippen LogP contribution in [0.3, 0.4) is 0 Å². The number of nitrogens with zero attached hydrogens (tertiary/aromatic N) is 3. The van der Waals surface area contributed by atoms with E-state index in [9.17, 15) is 0 Å². The first-order valence-corrected chi connectivity index (χ1v) is 5.64. The van der Waals surface area contributed by atoms with Gasteiger partial charge in [0.15, 0.2) is 5.82 Å². The van der Waals surface area contributed by atoms with E-state index in [-0.39, 0.29) is 11.3 Å². The Kier molecular flexibility index (Phi) is 3.66. The van der Waals surface area contributed by atoms with Crippen molar-refractivity contribution in [2.24, 2.45) is 0 Å². The third-order valence-electron chi connectivity index (χ3n) is 1.89. The van der Waals surface area contributed by atoms with Gasteiger partial charge < -0.3 is 4.74 Å². The Bertz CT molecular complexity index is 542. The number of halogens is 3. The van der Waals surface area contributed by atoms with E-state index in [1.807, 2.05) is 0 Å². The molecule has 0 bridgehead atoms. The van der Waals surface area contributed by atoms with Crippen molar-refractivity contribution >= 4 is 34.8 Å². The number of hydrogen-bond donors (Lipinski definition) is 0. The van der Waals surface area contributed by atoms with Crippen molar-refractivity contribution in [1.29, 1.82) is 0 Å². The van der Waals surface area contributed by atoms with Gasteiger partial charge in [-0.25, -0.2) is 0 Å². The molecular formula is C10H6Cl3N3O. The fourth-order valence-corrected chi connectivity index (χ4v) is 1.91. The van der Waals surface area contributed by atoms with E-state index in [1.54, 1.807) is 18.2 Å². The molecule has 0 aliphatic heterocycles. The van der Waals surface area contributed by atoms with Crippen LogP contribution in [0.1, 0.15) is 0 Å². The van der Waals surface area contributed by atoms with Gasteiger partial charge in [-0.15, -0.1) is 0 Å². The molecule has 1 aromatic heterocycles. The number of hydrogen-bond acceptors (Lipinski definition) is 4. The zero-order chi connectivity index (χ0) is 12.4. The summed E-state index contributed by atoms with van der Waals surface area (Å²) in [6, 6.07) is 5.11. The van der Waals surface area contributed by atoms with Crippen molar-refractivity contribution in [2.45, 2.75) is 0 Å². The molecule has 0 radical (unpaired) electrons. The first-order valence-electron chi connectivity index (χ1n) is 4.50. The van der Waals surface area contributed by atoms with Crippen molar-refractivity contribution in [3.8, 4) is 17.4 Å². The summed E-state index contributed by atoms with van der Waals surface area (Å²) in [6.45, 7) is 0. The summed E-state index contributed by atoms with van der Waals surface area (Å²) >= 11 is 17.5. The van der Waals surface area contributed by atoms with E-state index in [0.717, 1.165) is 0 Å². The molecule has 0 saturated carbocycles. The minimum atomic E-state index is 0.0444. The van der Waals surface area contributed by atoms with Crippen molar-refractivity contribution < 1.29 is 4.74 Å². The second kappa shape index (κ2) is 5.04. The lowest BCUT2D eigenvalue weighted by atomic mass is 10.2. The third kappa shape index (κ3) is 2.97. The van der Waals surface area contributed by atoms with Crippen LogP contribution in [0.4, 0.5) is 0 Å². The van der Waals surface area contributed by atoms with Gasteiger partial charge in [0.25, 0.3) is 0 Å². The Morgan fingerprint density at radius 1 is 0.941 bits per heavy atom. The molecule has 1 aromatic carbocycles. The van der Waals surface area contributed by atoms with Crippen molar-refractivity contribution in [3.63, 3.8) is 0 Å². The molecule has 0 N–H and O–H groups in total. The van der Waals surface area contributed by atoms with Crippen LogP contribution >= 0.6 is 34.8 Å². The predicted octanol–water partition coefficient (Wildman–Crippen LogP) is 3.51. The summed E-state index contributed by atoms with van der Waals surface area (Å²) in [5.74, 6) is 0.353. The molecule has 17 heavy (non-hydrogen) atoms. The average molecular weight is 291 g/mol. The average Bonchev–Trinajstić information content (AvgIpc) is 2.26. The van der Waals surface area contributed by atoms with Crippen molar-refractivity contribution in [2.75, 3.05) is 7.11 Å². The van der Waals surface area contributed by atoms with Gasteiger partial charge in [0.05, 0.1) is 7.11 Å². The molecule has 0 spiro atoms. The first kappa shape index (κ1) is 12.4. The van der Waals surface area contributed by atoms with Crippen LogP contribution in [0, 0.1) is 0 Å². The van der Waals surface area contributed by atoms with Gasteiger partial charge >= 0.3 is 6.01 Å². The minimum Gasteiger partial charge on any atom is -0.467 e. The zero-order valence-corrected chi connectivity index (χ0v) is 10.9. The van der Waals surface area contributed by atoms with Gasteiger partial charge in [0.2, 0.25) is 5.28 Å². The second-order valence-electron chi connectivity index (χ2n) is 3.07. The van der Waals surface area contributed by atoms with Gasteiger partial charge in [0.1, 0.15) is 0 Å². The number of aromatic nitrogens is 3. The van der Waals surface area contributed by atoms with E-state index >= 15 is 0 Å². The Morgan fingerprint density at radius 3 is 2.18 bits per heavy atom. The van der Waals surface area contributed by atoms with E-state index < -0.39 is 0 Å². The lowest BCUT2D eigenvalue weighted by molar-refractivity contribution is 0.379. The molecule has 4 nitrogen and oxygen atoms in total. The summed E-state index contributed by atoms with van der Waals surface area (Å²) in [4.78, 5) is 11.8. The maximum Gasteiger partial charge on any atom is 0.321 e. The van der Waals surface area contributed by atoms with Gasteiger partial charge in [-0.05, 0) is 29.8 Å². The van der Waals surface area contributed by atoms with E-state index in [1.165, 1.54) is 7.11 Å². The number of benzene rings is 1.